The Hall–Kier alpha value is -3.29. The zero-order valence-corrected chi connectivity index (χ0v) is 17.9. The fraction of sp³-hybridized carbons (Fsp3) is 0.130. The van der Waals surface area contributed by atoms with E-state index in [-0.39, 0.29) is 10.6 Å². The second kappa shape index (κ2) is 8.45. The van der Waals surface area contributed by atoms with Crippen LogP contribution >= 0.6 is 22.9 Å². The van der Waals surface area contributed by atoms with Crippen molar-refractivity contribution >= 4 is 43.9 Å². The number of rotatable bonds is 6. The van der Waals surface area contributed by atoms with Crippen LogP contribution in [0.1, 0.15) is 12.0 Å². The first-order chi connectivity index (χ1) is 15.2. The van der Waals surface area contributed by atoms with Gasteiger partial charge in [0.15, 0.2) is 5.82 Å². The van der Waals surface area contributed by atoms with Crippen molar-refractivity contribution in [2.45, 2.75) is 12.8 Å². The number of nitrogens with zero attached hydrogens (tertiary/aromatic N) is 3. The lowest BCUT2D eigenvalue weighted by Crippen LogP contribution is -2.11. The molecule has 31 heavy (non-hydrogen) atoms. The number of aryl methyl sites for hydroxylation is 1. The normalized spacial score (nSPS) is 11.3. The third-order valence-corrected chi connectivity index (χ3v) is 6.22. The van der Waals surface area contributed by atoms with Gasteiger partial charge in [-0.15, -0.1) is 11.3 Å². The number of benzene rings is 1. The molecule has 6 nitrogen and oxygen atoms in total. The van der Waals surface area contributed by atoms with Gasteiger partial charge in [-0.25, -0.2) is 4.98 Å². The number of fused-ring (bicyclic) bond motifs is 2. The monoisotopic (exact) mass is 448 g/mol. The van der Waals surface area contributed by atoms with Gasteiger partial charge in [-0.2, -0.15) is 0 Å². The summed E-state index contributed by atoms with van der Waals surface area (Å²) in [6.07, 6.45) is 7.04. The van der Waals surface area contributed by atoms with E-state index in [1.165, 1.54) is 5.56 Å². The van der Waals surface area contributed by atoms with E-state index in [2.05, 4.69) is 19.9 Å². The molecule has 5 aromatic rings. The van der Waals surface area contributed by atoms with Gasteiger partial charge in [0.25, 0.3) is 5.56 Å². The van der Waals surface area contributed by atoms with Gasteiger partial charge in [0.2, 0.25) is 0 Å². The van der Waals surface area contributed by atoms with E-state index in [9.17, 15) is 4.79 Å². The maximum atomic E-state index is 12.8. The lowest BCUT2D eigenvalue weighted by molar-refractivity contribution is 0.311. The molecule has 154 valence electrons. The molecule has 0 radical (unpaired) electrons. The summed E-state index contributed by atoms with van der Waals surface area (Å²) in [6.45, 7) is 0.488. The number of halogens is 1. The van der Waals surface area contributed by atoms with Gasteiger partial charge in [0, 0.05) is 18.6 Å². The van der Waals surface area contributed by atoms with Crippen molar-refractivity contribution in [2.24, 2.45) is 0 Å². The van der Waals surface area contributed by atoms with E-state index in [0.29, 0.717) is 34.8 Å². The maximum Gasteiger partial charge on any atom is 0.260 e. The number of thiophene rings is 1. The van der Waals surface area contributed by atoms with E-state index in [0.717, 1.165) is 22.9 Å². The molecule has 0 aliphatic heterocycles. The van der Waals surface area contributed by atoms with Gasteiger partial charge in [0.05, 0.1) is 27.2 Å². The number of ether oxygens (including phenoxy) is 1. The lowest BCUT2D eigenvalue weighted by Gasteiger charge is -2.10. The first kappa shape index (κ1) is 19.7. The average Bonchev–Trinajstić information content (AvgIpc) is 3.26. The number of aromatic amines is 1. The highest BCUT2D eigenvalue weighted by atomic mass is 35.5. The van der Waals surface area contributed by atoms with Gasteiger partial charge >= 0.3 is 0 Å². The fourth-order valence-corrected chi connectivity index (χ4v) is 4.45. The summed E-state index contributed by atoms with van der Waals surface area (Å²) >= 11 is 8.12. The number of hydrogen-bond donors (Lipinski definition) is 1. The molecule has 8 heteroatoms. The summed E-state index contributed by atoms with van der Waals surface area (Å²) in [5, 5.41) is 3.65. The van der Waals surface area contributed by atoms with Crippen molar-refractivity contribution < 1.29 is 4.74 Å². The Morgan fingerprint density at radius 2 is 2.00 bits per heavy atom. The van der Waals surface area contributed by atoms with Crippen LogP contribution in [0.2, 0.25) is 5.02 Å². The highest BCUT2D eigenvalue weighted by molar-refractivity contribution is 7.17. The summed E-state index contributed by atoms with van der Waals surface area (Å²) in [6, 6.07) is 11.4. The van der Waals surface area contributed by atoms with Crippen molar-refractivity contribution in [1.29, 1.82) is 0 Å². The summed E-state index contributed by atoms with van der Waals surface area (Å²) in [5.74, 6) is 0.884. The van der Waals surface area contributed by atoms with Crippen LogP contribution in [0.4, 0.5) is 0 Å². The summed E-state index contributed by atoms with van der Waals surface area (Å²) in [7, 11) is 0. The van der Waals surface area contributed by atoms with Crippen LogP contribution in [0.5, 0.6) is 5.75 Å². The molecule has 0 unspecified atom stereocenters. The highest BCUT2D eigenvalue weighted by Crippen LogP contribution is 2.31. The molecule has 0 saturated heterocycles. The Labute approximate surface area is 186 Å². The predicted octanol–water partition coefficient (Wildman–Crippen LogP) is 5.26. The zero-order chi connectivity index (χ0) is 21.2. The van der Waals surface area contributed by atoms with Crippen molar-refractivity contribution in [1.82, 2.24) is 19.9 Å². The minimum Gasteiger partial charge on any atom is -0.492 e. The molecule has 0 bridgehead atoms. The second-order valence-corrected chi connectivity index (χ2v) is 8.35. The molecule has 4 heterocycles. The molecule has 4 aromatic heterocycles. The fourth-order valence-electron chi connectivity index (χ4n) is 3.41. The zero-order valence-electron chi connectivity index (χ0n) is 16.3. The molecule has 5 rings (SSSR count). The first-order valence-electron chi connectivity index (χ1n) is 9.77. The number of pyridine rings is 2. The van der Waals surface area contributed by atoms with Gasteiger partial charge in [-0.3, -0.25) is 14.8 Å². The van der Waals surface area contributed by atoms with E-state index in [1.54, 1.807) is 42.1 Å². The SMILES string of the molecule is O=c1[nH]c(-c2cc3ccsc3cn2)nc2ccc(OCCCc3ccncc3)c(Cl)c12. The van der Waals surface area contributed by atoms with Crippen LogP contribution in [0.15, 0.2) is 65.2 Å². The van der Waals surface area contributed by atoms with Gasteiger partial charge < -0.3 is 9.72 Å². The van der Waals surface area contributed by atoms with Gasteiger partial charge in [-0.1, -0.05) is 11.6 Å². The van der Waals surface area contributed by atoms with E-state index in [4.69, 9.17) is 16.3 Å². The summed E-state index contributed by atoms with van der Waals surface area (Å²) in [5.41, 5.74) is 1.99. The third kappa shape index (κ3) is 4.02. The molecule has 0 aliphatic carbocycles. The second-order valence-electron chi connectivity index (χ2n) is 7.02. The standard InChI is InChI=1S/C23H17ClN4O2S/c24-21-18(30-10-1-2-14-5-8-25-9-6-14)4-3-16-20(21)23(29)28-22(27-16)17-12-15-7-11-31-19(15)13-26-17/h3-9,11-13H,1-2,10H2,(H,27,28,29). The summed E-state index contributed by atoms with van der Waals surface area (Å²) < 4.78 is 6.92. The molecule has 0 atom stereocenters. The quantitative estimate of drug-likeness (QED) is 0.358. The minimum atomic E-state index is -0.320. The highest BCUT2D eigenvalue weighted by Gasteiger charge is 2.14. The molecule has 1 aromatic carbocycles. The number of nitrogens with one attached hydrogen (secondary N) is 1. The third-order valence-electron chi connectivity index (χ3n) is 4.98. The molecular weight excluding hydrogens is 432 g/mol. The molecule has 0 saturated carbocycles. The van der Waals surface area contributed by atoms with Crippen molar-refractivity contribution in [3.63, 3.8) is 0 Å². The Kier molecular flexibility index (Phi) is 5.36. The lowest BCUT2D eigenvalue weighted by atomic mass is 10.1. The molecule has 1 N–H and O–H groups in total. The number of H-pyrrole nitrogens is 1. The molecule has 0 aliphatic rings. The largest absolute Gasteiger partial charge is 0.492 e. The maximum absolute atomic E-state index is 12.8. The Morgan fingerprint density at radius 1 is 1.13 bits per heavy atom. The number of aromatic nitrogens is 4. The Balaban J connectivity index is 1.39. The van der Waals surface area contributed by atoms with Crippen LogP contribution < -0.4 is 10.3 Å². The van der Waals surface area contributed by atoms with Gasteiger partial charge in [-0.05, 0) is 65.6 Å². The van der Waals surface area contributed by atoms with Crippen molar-refractivity contribution in [3.8, 4) is 17.3 Å². The predicted molar refractivity (Wildman–Crippen MR) is 124 cm³/mol. The minimum absolute atomic E-state index is 0.267. The summed E-state index contributed by atoms with van der Waals surface area (Å²) in [4.78, 5) is 28.6. The molecular formula is C23H17ClN4O2S. The van der Waals surface area contributed by atoms with Crippen LogP contribution in [-0.2, 0) is 6.42 Å². The first-order valence-corrected chi connectivity index (χ1v) is 11.0. The van der Waals surface area contributed by atoms with E-state index < -0.39 is 0 Å². The number of hydrogen-bond acceptors (Lipinski definition) is 6. The van der Waals surface area contributed by atoms with Gasteiger partial charge in [0.1, 0.15) is 11.4 Å². The van der Waals surface area contributed by atoms with Crippen LogP contribution in [0, 0.1) is 0 Å². The van der Waals surface area contributed by atoms with Crippen LogP contribution in [0.3, 0.4) is 0 Å². The van der Waals surface area contributed by atoms with Crippen molar-refractivity contribution in [3.05, 3.63) is 81.3 Å². The van der Waals surface area contributed by atoms with Crippen LogP contribution in [-0.4, -0.2) is 26.5 Å². The topological polar surface area (TPSA) is 80.8 Å². The van der Waals surface area contributed by atoms with Crippen molar-refractivity contribution in [2.75, 3.05) is 6.61 Å². The Morgan fingerprint density at radius 3 is 2.87 bits per heavy atom. The van der Waals surface area contributed by atoms with E-state index >= 15 is 0 Å². The average molecular weight is 449 g/mol. The van der Waals surface area contributed by atoms with Crippen LogP contribution in [0.25, 0.3) is 32.5 Å². The molecule has 0 fully saturated rings. The molecule has 0 spiro atoms. The molecule has 0 amide bonds. The Bertz CT molecular complexity index is 1430. The smallest absolute Gasteiger partial charge is 0.260 e. The van der Waals surface area contributed by atoms with E-state index in [1.807, 2.05) is 29.6 Å².